The molecule has 0 amide bonds. The van der Waals surface area contributed by atoms with Crippen LogP contribution in [0.5, 0.6) is 0 Å². The Labute approximate surface area is 204 Å². The molecule has 33 heavy (non-hydrogen) atoms. The highest BCUT2D eigenvalue weighted by Crippen LogP contribution is 2.30. The third-order valence-electron chi connectivity index (χ3n) is 6.10. The number of benzene rings is 1. The van der Waals surface area contributed by atoms with Gasteiger partial charge in [-0.25, -0.2) is 4.57 Å². The van der Waals surface area contributed by atoms with Gasteiger partial charge in [0.2, 0.25) is 5.88 Å². The number of nitrogens with zero attached hydrogens (tertiary/aromatic N) is 3. The molecule has 0 bridgehead atoms. The minimum Gasteiger partial charge on any atom is -0.448 e. The van der Waals surface area contributed by atoms with Gasteiger partial charge in [0.05, 0.1) is 6.26 Å². The SMILES string of the molecule is CCCCCCCCCCCCSc1nnc(-c2ccc(C(C)(C)C)cc2)n1-c1ccco1. The largest absolute Gasteiger partial charge is 0.448 e. The summed E-state index contributed by atoms with van der Waals surface area (Å²) in [6, 6.07) is 12.5. The highest BCUT2D eigenvalue weighted by molar-refractivity contribution is 7.99. The first-order valence-electron chi connectivity index (χ1n) is 12.7. The molecule has 0 aliphatic heterocycles. The van der Waals surface area contributed by atoms with E-state index in [0.29, 0.717) is 0 Å². The maximum Gasteiger partial charge on any atom is 0.207 e. The molecule has 2 aromatic heterocycles. The number of unbranched alkanes of at least 4 members (excludes halogenated alkanes) is 9. The van der Waals surface area contributed by atoms with Crippen molar-refractivity contribution in [1.82, 2.24) is 14.8 Å². The Morgan fingerprint density at radius 2 is 1.45 bits per heavy atom. The van der Waals surface area contributed by atoms with Crippen molar-refractivity contribution in [3.8, 4) is 17.3 Å². The normalized spacial score (nSPS) is 11.9. The van der Waals surface area contributed by atoms with Crippen LogP contribution in [-0.4, -0.2) is 20.5 Å². The van der Waals surface area contributed by atoms with Crippen LogP contribution in [-0.2, 0) is 5.41 Å². The van der Waals surface area contributed by atoms with E-state index in [9.17, 15) is 0 Å². The Hall–Kier alpha value is -2.01. The Morgan fingerprint density at radius 3 is 2.03 bits per heavy atom. The molecule has 0 aliphatic carbocycles. The monoisotopic (exact) mass is 467 g/mol. The zero-order valence-electron chi connectivity index (χ0n) is 21.0. The minimum absolute atomic E-state index is 0.128. The van der Waals surface area contributed by atoms with Crippen LogP contribution in [0.2, 0.25) is 0 Å². The number of hydrogen-bond acceptors (Lipinski definition) is 4. The van der Waals surface area contributed by atoms with Crippen LogP contribution in [0.1, 0.15) is 97.5 Å². The Morgan fingerprint density at radius 1 is 0.818 bits per heavy atom. The second-order valence-corrected chi connectivity index (χ2v) is 11.0. The highest BCUT2D eigenvalue weighted by Gasteiger charge is 2.19. The lowest BCUT2D eigenvalue weighted by atomic mass is 9.87. The molecule has 3 rings (SSSR count). The van der Waals surface area contributed by atoms with Crippen LogP contribution in [0.4, 0.5) is 0 Å². The Kier molecular flexibility index (Phi) is 10.1. The lowest BCUT2D eigenvalue weighted by molar-refractivity contribution is 0.528. The second-order valence-electron chi connectivity index (χ2n) is 9.95. The molecule has 0 radical (unpaired) electrons. The topological polar surface area (TPSA) is 43.9 Å². The van der Waals surface area contributed by atoms with Crippen LogP contribution in [0, 0.1) is 0 Å². The number of rotatable bonds is 14. The van der Waals surface area contributed by atoms with Gasteiger partial charge in [0.1, 0.15) is 0 Å². The standard InChI is InChI=1S/C28H41N3OS/c1-5-6-7-8-9-10-11-12-13-14-22-33-27-30-29-26(31(27)25-16-15-21-32-25)23-17-19-24(20-18-23)28(2,3)4/h15-21H,5-14,22H2,1-4H3. The summed E-state index contributed by atoms with van der Waals surface area (Å²) in [6.45, 7) is 8.97. The zero-order valence-corrected chi connectivity index (χ0v) is 21.8. The maximum atomic E-state index is 5.74. The molecule has 0 fully saturated rings. The van der Waals surface area contributed by atoms with Gasteiger partial charge in [0.15, 0.2) is 11.0 Å². The lowest BCUT2D eigenvalue weighted by Gasteiger charge is -2.19. The summed E-state index contributed by atoms with van der Waals surface area (Å²) in [6.07, 6.45) is 15.2. The van der Waals surface area contributed by atoms with E-state index in [4.69, 9.17) is 4.42 Å². The summed E-state index contributed by atoms with van der Waals surface area (Å²) in [5, 5.41) is 9.95. The maximum absolute atomic E-state index is 5.74. The third kappa shape index (κ3) is 7.77. The summed E-state index contributed by atoms with van der Waals surface area (Å²) in [5.74, 6) is 2.65. The van der Waals surface area contributed by atoms with Crippen molar-refractivity contribution in [2.45, 2.75) is 102 Å². The van der Waals surface area contributed by atoms with Gasteiger partial charge in [-0.05, 0) is 23.5 Å². The summed E-state index contributed by atoms with van der Waals surface area (Å²) in [5.41, 5.74) is 2.49. The highest BCUT2D eigenvalue weighted by atomic mass is 32.2. The molecule has 0 saturated heterocycles. The summed E-state index contributed by atoms with van der Waals surface area (Å²) >= 11 is 1.77. The number of furan rings is 1. The van der Waals surface area contributed by atoms with Crippen LogP contribution in [0.3, 0.4) is 0 Å². The van der Waals surface area contributed by atoms with Crippen molar-refractivity contribution in [3.63, 3.8) is 0 Å². The van der Waals surface area contributed by atoms with E-state index in [2.05, 4.69) is 62.2 Å². The molecule has 0 unspecified atom stereocenters. The molecule has 2 heterocycles. The van der Waals surface area contributed by atoms with E-state index >= 15 is 0 Å². The zero-order chi connectivity index (χ0) is 23.5. The van der Waals surface area contributed by atoms with Gasteiger partial charge in [0, 0.05) is 17.4 Å². The van der Waals surface area contributed by atoms with E-state index in [1.165, 1.54) is 69.8 Å². The van der Waals surface area contributed by atoms with Gasteiger partial charge in [-0.3, -0.25) is 0 Å². The predicted octanol–water partition coefficient (Wildman–Crippen LogP) is 8.84. The molecule has 0 N–H and O–H groups in total. The minimum atomic E-state index is 0.128. The molecule has 0 saturated carbocycles. The van der Waals surface area contributed by atoms with Crippen molar-refractivity contribution in [1.29, 1.82) is 0 Å². The predicted molar refractivity (Wildman–Crippen MR) is 140 cm³/mol. The van der Waals surface area contributed by atoms with Gasteiger partial charge in [-0.1, -0.05) is 122 Å². The summed E-state index contributed by atoms with van der Waals surface area (Å²) in [4.78, 5) is 0. The van der Waals surface area contributed by atoms with Crippen molar-refractivity contribution in [2.24, 2.45) is 0 Å². The van der Waals surface area contributed by atoms with E-state index in [1.54, 1.807) is 18.0 Å². The van der Waals surface area contributed by atoms with Crippen LogP contribution < -0.4 is 0 Å². The molecule has 0 spiro atoms. The van der Waals surface area contributed by atoms with Crippen molar-refractivity contribution in [3.05, 3.63) is 48.2 Å². The van der Waals surface area contributed by atoms with Gasteiger partial charge in [-0.2, -0.15) is 0 Å². The van der Waals surface area contributed by atoms with Crippen LogP contribution in [0.15, 0.2) is 52.2 Å². The molecule has 1 aromatic carbocycles. The number of hydrogen-bond donors (Lipinski definition) is 0. The molecule has 180 valence electrons. The van der Waals surface area contributed by atoms with E-state index in [0.717, 1.165) is 28.2 Å². The quantitative estimate of drug-likeness (QED) is 0.175. The summed E-state index contributed by atoms with van der Waals surface area (Å²) in [7, 11) is 0. The molecule has 5 heteroatoms. The van der Waals surface area contributed by atoms with E-state index in [-0.39, 0.29) is 5.41 Å². The van der Waals surface area contributed by atoms with Crippen molar-refractivity contribution in [2.75, 3.05) is 5.75 Å². The number of thioether (sulfide) groups is 1. The van der Waals surface area contributed by atoms with Crippen LogP contribution in [0.25, 0.3) is 17.3 Å². The van der Waals surface area contributed by atoms with Crippen molar-refractivity contribution >= 4 is 11.8 Å². The lowest BCUT2D eigenvalue weighted by Crippen LogP contribution is -2.10. The first-order chi connectivity index (χ1) is 16.0. The first-order valence-corrected chi connectivity index (χ1v) is 13.7. The fourth-order valence-corrected chi connectivity index (χ4v) is 4.95. The average Bonchev–Trinajstić information content (AvgIpc) is 3.47. The van der Waals surface area contributed by atoms with Crippen molar-refractivity contribution < 1.29 is 4.42 Å². The molecule has 0 atom stereocenters. The molecule has 0 aliphatic rings. The summed E-state index contributed by atoms with van der Waals surface area (Å²) < 4.78 is 7.78. The van der Waals surface area contributed by atoms with Gasteiger partial charge >= 0.3 is 0 Å². The first kappa shape index (κ1) is 25.6. The molecule has 4 nitrogen and oxygen atoms in total. The molecular weight excluding hydrogens is 426 g/mol. The van der Waals surface area contributed by atoms with E-state index in [1.807, 2.05) is 16.7 Å². The number of aromatic nitrogens is 3. The average molecular weight is 468 g/mol. The fraction of sp³-hybridized carbons (Fsp3) is 0.571. The molecular formula is C28H41N3OS. The fourth-order valence-electron chi connectivity index (χ4n) is 4.02. The Bertz CT molecular complexity index is 923. The van der Waals surface area contributed by atoms with Crippen LogP contribution >= 0.6 is 11.8 Å². The smallest absolute Gasteiger partial charge is 0.207 e. The Balaban J connectivity index is 1.54. The van der Waals surface area contributed by atoms with Gasteiger partial charge < -0.3 is 4.42 Å². The third-order valence-corrected chi connectivity index (χ3v) is 7.11. The van der Waals surface area contributed by atoms with E-state index < -0.39 is 0 Å². The van der Waals surface area contributed by atoms with Gasteiger partial charge in [-0.15, -0.1) is 10.2 Å². The van der Waals surface area contributed by atoms with Gasteiger partial charge in [0.25, 0.3) is 0 Å². The molecule has 3 aromatic rings. The second kappa shape index (κ2) is 13.0.